The Morgan fingerprint density at radius 3 is 1.60 bits per heavy atom. The second kappa shape index (κ2) is 42.8. The SMILES string of the molecule is CCCCCCCCC(C=O)CCCCCC.CCCCCCCCC(CCCCCC)C(=O)OCCCN(CCCOC)C(=S)NCCCN1CCN(C)CC1. The van der Waals surface area contributed by atoms with Gasteiger partial charge >= 0.3 is 5.97 Å². The zero-order valence-corrected chi connectivity index (χ0v) is 39.6. The van der Waals surface area contributed by atoms with Crippen LogP contribution in [0.5, 0.6) is 0 Å². The summed E-state index contributed by atoms with van der Waals surface area (Å²) in [6, 6.07) is 0. The number of thiocarbonyl (C=S) groups is 1. The molecule has 57 heavy (non-hydrogen) atoms. The number of likely N-dealkylation sites (N-methyl/N-ethyl adjacent to an activating group) is 1. The lowest BCUT2D eigenvalue weighted by molar-refractivity contribution is -0.149. The van der Waals surface area contributed by atoms with E-state index in [0.29, 0.717) is 12.5 Å². The highest BCUT2D eigenvalue weighted by molar-refractivity contribution is 7.80. The fourth-order valence-electron chi connectivity index (χ4n) is 7.61. The van der Waals surface area contributed by atoms with Crippen molar-refractivity contribution in [3.05, 3.63) is 0 Å². The molecule has 0 aromatic heterocycles. The maximum Gasteiger partial charge on any atom is 0.308 e. The molecule has 0 radical (unpaired) electrons. The van der Waals surface area contributed by atoms with Gasteiger partial charge in [0.1, 0.15) is 6.29 Å². The zero-order valence-electron chi connectivity index (χ0n) is 38.8. The molecule has 2 atom stereocenters. The number of hydrogen-bond donors (Lipinski definition) is 1. The number of hydrogen-bond acceptors (Lipinski definition) is 7. The largest absolute Gasteiger partial charge is 0.465 e. The molecule has 1 aliphatic rings. The van der Waals surface area contributed by atoms with Gasteiger partial charge in [-0.3, -0.25) is 4.79 Å². The number of piperazine rings is 1. The summed E-state index contributed by atoms with van der Waals surface area (Å²) in [4.78, 5) is 31.1. The van der Waals surface area contributed by atoms with Crippen molar-refractivity contribution in [3.63, 3.8) is 0 Å². The summed E-state index contributed by atoms with van der Waals surface area (Å²) in [6.45, 7) is 18.4. The molecule has 1 heterocycles. The van der Waals surface area contributed by atoms with Crippen molar-refractivity contribution in [3.8, 4) is 0 Å². The third-order valence-electron chi connectivity index (χ3n) is 11.6. The Balaban J connectivity index is 0.00000154. The van der Waals surface area contributed by atoms with Gasteiger partial charge in [0.2, 0.25) is 0 Å². The lowest BCUT2D eigenvalue weighted by atomic mass is 9.94. The second-order valence-corrected chi connectivity index (χ2v) is 17.4. The molecule has 2 unspecified atom stereocenters. The predicted molar refractivity (Wildman–Crippen MR) is 249 cm³/mol. The van der Waals surface area contributed by atoms with Crippen molar-refractivity contribution < 1.29 is 19.1 Å². The number of carbonyl (C=O) groups is 2. The molecule has 0 saturated carbocycles. The third kappa shape index (κ3) is 35.2. The minimum Gasteiger partial charge on any atom is -0.465 e. The average molecular weight is 825 g/mol. The summed E-state index contributed by atoms with van der Waals surface area (Å²) in [5.74, 6) is 0.419. The number of ether oxygens (including phenoxy) is 2. The van der Waals surface area contributed by atoms with Gasteiger partial charge in [0.25, 0.3) is 0 Å². The second-order valence-electron chi connectivity index (χ2n) is 17.0. The van der Waals surface area contributed by atoms with Crippen molar-refractivity contribution in [2.45, 2.75) is 201 Å². The fraction of sp³-hybridized carbons (Fsp3) is 0.938. The molecular weight excluding hydrogens is 729 g/mol. The van der Waals surface area contributed by atoms with Crippen LogP contribution in [-0.4, -0.2) is 112 Å². The summed E-state index contributed by atoms with van der Waals surface area (Å²) in [6.07, 6.45) is 33.7. The van der Waals surface area contributed by atoms with E-state index in [1.807, 2.05) is 0 Å². The molecule has 0 amide bonds. The molecule has 0 aromatic rings. The van der Waals surface area contributed by atoms with E-state index in [1.165, 1.54) is 122 Å². The summed E-state index contributed by atoms with van der Waals surface area (Å²) < 4.78 is 11.1. The molecule has 9 heteroatoms. The highest BCUT2D eigenvalue weighted by Crippen LogP contribution is 2.21. The molecule has 0 bridgehead atoms. The van der Waals surface area contributed by atoms with Crippen LogP contribution in [-0.2, 0) is 19.1 Å². The van der Waals surface area contributed by atoms with Gasteiger partial charge in [-0.25, -0.2) is 0 Å². The number of methoxy groups -OCH3 is 1. The van der Waals surface area contributed by atoms with Crippen LogP contribution in [0.2, 0.25) is 0 Å². The highest BCUT2D eigenvalue weighted by atomic mass is 32.1. The lowest BCUT2D eigenvalue weighted by Crippen LogP contribution is -2.46. The molecule has 1 saturated heterocycles. The van der Waals surface area contributed by atoms with Crippen LogP contribution in [0, 0.1) is 11.8 Å². The quantitative estimate of drug-likeness (QED) is 0.0283. The Kier molecular flexibility index (Phi) is 41.9. The van der Waals surface area contributed by atoms with E-state index >= 15 is 0 Å². The fourth-order valence-corrected chi connectivity index (χ4v) is 7.90. The van der Waals surface area contributed by atoms with Gasteiger partial charge in [-0.05, 0) is 70.8 Å². The number of nitrogens with zero attached hydrogens (tertiary/aromatic N) is 3. The average Bonchev–Trinajstić information content (AvgIpc) is 3.22. The minimum atomic E-state index is 0.0144. The first-order valence-corrected chi connectivity index (χ1v) is 24.8. The van der Waals surface area contributed by atoms with Gasteiger partial charge in [0.05, 0.1) is 12.5 Å². The van der Waals surface area contributed by atoms with Crippen molar-refractivity contribution in [1.82, 2.24) is 20.0 Å². The first-order chi connectivity index (χ1) is 27.9. The zero-order chi connectivity index (χ0) is 42.0. The van der Waals surface area contributed by atoms with Gasteiger partial charge in [0.15, 0.2) is 5.11 Å². The number of unbranched alkanes of at least 4 members (excludes halogenated alkanes) is 16. The first-order valence-electron chi connectivity index (χ1n) is 24.4. The van der Waals surface area contributed by atoms with E-state index in [0.717, 1.165) is 122 Å². The van der Waals surface area contributed by atoms with Crippen molar-refractivity contribution in [2.75, 3.05) is 79.7 Å². The molecule has 0 spiro atoms. The van der Waals surface area contributed by atoms with Gasteiger partial charge < -0.3 is 34.3 Å². The molecular formula is C48H96N4O4S. The highest BCUT2D eigenvalue weighted by Gasteiger charge is 2.20. The Bertz CT molecular complexity index is 888. The van der Waals surface area contributed by atoms with Crippen LogP contribution in [0.1, 0.15) is 201 Å². The monoisotopic (exact) mass is 825 g/mol. The standard InChI is InChI=1S/C32H64N4O3S.C16H32O/c1-5-7-9-11-12-14-19-30(18-13-10-8-6-2)31(37)39-29-17-23-36(22-16-28-38-4)32(40)33-20-15-21-35-26-24-34(3)25-27-35;1-3-5-7-9-10-12-14-16(15-17)13-11-8-6-4-2/h30H,5-29H2,1-4H3,(H,33,40);15-16H,3-14H2,1-2H3. The Morgan fingerprint density at radius 1 is 0.649 bits per heavy atom. The molecule has 1 rings (SSSR count). The first kappa shape index (κ1) is 55.7. The molecule has 0 aromatic carbocycles. The molecule has 8 nitrogen and oxygen atoms in total. The van der Waals surface area contributed by atoms with E-state index < -0.39 is 0 Å². The number of carbonyl (C=O) groups excluding carboxylic acids is 2. The topological polar surface area (TPSA) is 74.3 Å². The number of esters is 1. The van der Waals surface area contributed by atoms with Crippen LogP contribution in [0.3, 0.4) is 0 Å². The van der Waals surface area contributed by atoms with Gasteiger partial charge in [-0.2, -0.15) is 0 Å². The molecule has 0 aliphatic carbocycles. The Hall–Kier alpha value is -1.29. The van der Waals surface area contributed by atoms with E-state index in [4.69, 9.17) is 21.7 Å². The Morgan fingerprint density at radius 2 is 1.11 bits per heavy atom. The maximum atomic E-state index is 13.0. The van der Waals surface area contributed by atoms with Gasteiger partial charge in [-0.15, -0.1) is 0 Å². The van der Waals surface area contributed by atoms with Crippen LogP contribution in [0.15, 0.2) is 0 Å². The van der Waals surface area contributed by atoms with Gasteiger partial charge in [0, 0.05) is 65.4 Å². The smallest absolute Gasteiger partial charge is 0.308 e. The number of aldehydes is 1. The molecule has 1 fully saturated rings. The normalized spacial score (nSPS) is 14.4. The lowest BCUT2D eigenvalue weighted by Gasteiger charge is -2.32. The summed E-state index contributed by atoms with van der Waals surface area (Å²) >= 11 is 5.75. The third-order valence-corrected chi connectivity index (χ3v) is 12.0. The summed E-state index contributed by atoms with van der Waals surface area (Å²) in [5, 5.41) is 4.28. The summed E-state index contributed by atoms with van der Waals surface area (Å²) in [5.41, 5.74) is 0. The molecule has 338 valence electrons. The van der Waals surface area contributed by atoms with Crippen LogP contribution in [0.4, 0.5) is 0 Å². The van der Waals surface area contributed by atoms with Crippen molar-refractivity contribution in [1.29, 1.82) is 0 Å². The predicted octanol–water partition coefficient (Wildman–Crippen LogP) is 11.6. The van der Waals surface area contributed by atoms with Crippen molar-refractivity contribution >= 4 is 29.6 Å². The van der Waals surface area contributed by atoms with Crippen LogP contribution in [0.25, 0.3) is 0 Å². The van der Waals surface area contributed by atoms with E-state index in [1.54, 1.807) is 7.11 Å². The Labute approximate surface area is 360 Å². The number of rotatable bonds is 38. The minimum absolute atomic E-state index is 0.0144. The van der Waals surface area contributed by atoms with E-state index in [9.17, 15) is 9.59 Å². The molecule has 1 aliphatic heterocycles. The van der Waals surface area contributed by atoms with Crippen LogP contribution < -0.4 is 5.32 Å². The van der Waals surface area contributed by atoms with Crippen LogP contribution >= 0.6 is 12.2 Å². The number of nitrogens with one attached hydrogen (secondary N) is 1. The van der Waals surface area contributed by atoms with E-state index in [2.05, 4.69) is 54.8 Å². The van der Waals surface area contributed by atoms with Crippen molar-refractivity contribution in [2.24, 2.45) is 11.8 Å². The maximum absolute atomic E-state index is 13.0. The van der Waals surface area contributed by atoms with Gasteiger partial charge in [-0.1, -0.05) is 156 Å². The summed E-state index contributed by atoms with van der Waals surface area (Å²) in [7, 11) is 3.93. The molecule has 1 N–H and O–H groups in total. The van der Waals surface area contributed by atoms with E-state index in [-0.39, 0.29) is 11.9 Å².